The number of benzene rings is 3. The molecular weight excluding hydrogens is 330 g/mol. The van der Waals surface area contributed by atoms with Crippen molar-refractivity contribution in [2.75, 3.05) is 4.90 Å². The maximum Gasteiger partial charge on any atom is 0.0699 e. The van der Waals surface area contributed by atoms with Crippen LogP contribution in [0.25, 0.3) is 0 Å². The second kappa shape index (κ2) is 8.19. The lowest BCUT2D eigenvalue weighted by Crippen LogP contribution is -2.22. The van der Waals surface area contributed by atoms with Crippen molar-refractivity contribution in [1.29, 1.82) is 0 Å². The normalized spacial score (nSPS) is 10.7. The zero-order valence-corrected chi connectivity index (χ0v) is 15.1. The summed E-state index contributed by atoms with van der Waals surface area (Å²) in [6, 6.07) is 24.9. The lowest BCUT2D eigenvalue weighted by Gasteiger charge is -2.26. The second-order valence-electron chi connectivity index (χ2n) is 6.21. The molecule has 0 amide bonds. The molecule has 0 atom stereocenters. The van der Waals surface area contributed by atoms with E-state index < -0.39 is 0 Å². The molecule has 0 aromatic heterocycles. The van der Waals surface area contributed by atoms with Gasteiger partial charge in [0.1, 0.15) is 0 Å². The fourth-order valence-electron chi connectivity index (χ4n) is 2.98. The van der Waals surface area contributed by atoms with Crippen molar-refractivity contribution in [2.24, 2.45) is 0 Å². The molecule has 0 unspecified atom stereocenters. The summed E-state index contributed by atoms with van der Waals surface area (Å²) in [5, 5.41) is 10.1. The molecule has 3 aromatic carbocycles. The Morgan fingerprint density at radius 2 is 1.36 bits per heavy atom. The lowest BCUT2D eigenvalue weighted by atomic mass is 10.1. The monoisotopic (exact) mass is 351 g/mol. The topological polar surface area (TPSA) is 23.5 Å². The van der Waals surface area contributed by atoms with Crippen molar-refractivity contribution in [2.45, 2.75) is 26.6 Å². The summed E-state index contributed by atoms with van der Waals surface area (Å²) in [7, 11) is 0. The summed E-state index contributed by atoms with van der Waals surface area (Å²) >= 11 is 6.40. The van der Waals surface area contributed by atoms with Crippen molar-refractivity contribution in [3.63, 3.8) is 0 Å². The fraction of sp³-hybridized carbons (Fsp3) is 0.182. The molecule has 3 heteroatoms. The Morgan fingerprint density at radius 1 is 0.840 bits per heavy atom. The number of aliphatic hydroxyl groups is 1. The molecule has 0 aliphatic carbocycles. The van der Waals surface area contributed by atoms with Crippen LogP contribution in [0.4, 0.5) is 5.69 Å². The van der Waals surface area contributed by atoms with Crippen molar-refractivity contribution in [3.8, 4) is 0 Å². The first kappa shape index (κ1) is 17.5. The number of hydrogen-bond donors (Lipinski definition) is 1. The molecule has 3 aromatic rings. The number of hydrogen-bond acceptors (Lipinski definition) is 2. The van der Waals surface area contributed by atoms with E-state index in [4.69, 9.17) is 11.6 Å². The summed E-state index contributed by atoms with van der Waals surface area (Å²) in [4.78, 5) is 2.31. The average Bonchev–Trinajstić information content (AvgIpc) is 2.63. The smallest absolute Gasteiger partial charge is 0.0699 e. The average molecular weight is 352 g/mol. The highest BCUT2D eigenvalue weighted by Crippen LogP contribution is 2.29. The van der Waals surface area contributed by atoms with Crippen LogP contribution in [-0.4, -0.2) is 5.11 Å². The molecule has 1 N–H and O–H groups in total. The van der Waals surface area contributed by atoms with Crippen LogP contribution in [0.5, 0.6) is 0 Å². The predicted octanol–water partition coefficient (Wildman–Crippen LogP) is 5.35. The van der Waals surface area contributed by atoms with E-state index >= 15 is 0 Å². The van der Waals surface area contributed by atoms with Gasteiger partial charge in [0.2, 0.25) is 0 Å². The Kier molecular flexibility index (Phi) is 5.75. The molecule has 0 spiro atoms. The Labute approximate surface area is 154 Å². The summed E-state index contributed by atoms with van der Waals surface area (Å²) in [6.07, 6.45) is 0. The van der Waals surface area contributed by atoms with E-state index in [1.807, 2.05) is 25.1 Å². The van der Waals surface area contributed by atoms with Crippen LogP contribution in [0.2, 0.25) is 5.02 Å². The minimum Gasteiger partial charge on any atom is -0.392 e. The third kappa shape index (κ3) is 4.41. The van der Waals surface area contributed by atoms with Gasteiger partial charge in [-0.2, -0.15) is 0 Å². The quantitative estimate of drug-likeness (QED) is 0.647. The number of nitrogens with zero attached hydrogens (tertiary/aromatic N) is 1. The van der Waals surface area contributed by atoms with Crippen LogP contribution >= 0.6 is 11.6 Å². The molecule has 0 bridgehead atoms. The van der Waals surface area contributed by atoms with Crippen molar-refractivity contribution < 1.29 is 5.11 Å². The van der Waals surface area contributed by atoms with E-state index in [0.717, 1.165) is 29.9 Å². The van der Waals surface area contributed by atoms with Crippen LogP contribution in [0.15, 0.2) is 72.8 Å². The largest absolute Gasteiger partial charge is 0.392 e. The van der Waals surface area contributed by atoms with Crippen molar-refractivity contribution in [1.82, 2.24) is 0 Å². The molecule has 0 aliphatic rings. The highest BCUT2D eigenvalue weighted by molar-refractivity contribution is 6.31. The number of aliphatic hydroxyl groups excluding tert-OH is 1. The molecule has 3 rings (SSSR count). The molecule has 2 nitrogen and oxygen atoms in total. The third-order valence-corrected chi connectivity index (χ3v) is 4.70. The van der Waals surface area contributed by atoms with Gasteiger partial charge in [-0.1, -0.05) is 72.3 Å². The maximum absolute atomic E-state index is 9.50. The van der Waals surface area contributed by atoms with Gasteiger partial charge in [-0.15, -0.1) is 0 Å². The molecule has 25 heavy (non-hydrogen) atoms. The Morgan fingerprint density at radius 3 is 1.80 bits per heavy atom. The molecule has 0 radical (unpaired) electrons. The van der Waals surface area contributed by atoms with Gasteiger partial charge >= 0.3 is 0 Å². The highest BCUT2D eigenvalue weighted by atomic mass is 35.5. The van der Waals surface area contributed by atoms with Crippen LogP contribution in [0, 0.1) is 6.92 Å². The van der Waals surface area contributed by atoms with E-state index in [0.29, 0.717) is 5.02 Å². The maximum atomic E-state index is 9.50. The van der Waals surface area contributed by atoms with Gasteiger partial charge in [-0.3, -0.25) is 0 Å². The van der Waals surface area contributed by atoms with Gasteiger partial charge < -0.3 is 10.0 Å². The zero-order valence-electron chi connectivity index (χ0n) is 14.3. The lowest BCUT2D eigenvalue weighted by molar-refractivity contribution is 0.281. The van der Waals surface area contributed by atoms with Crippen molar-refractivity contribution >= 4 is 17.3 Å². The summed E-state index contributed by atoms with van der Waals surface area (Å²) in [5.41, 5.74) is 5.37. The van der Waals surface area contributed by atoms with E-state index in [2.05, 4.69) is 59.5 Å². The van der Waals surface area contributed by atoms with Gasteiger partial charge in [0, 0.05) is 23.8 Å². The molecule has 0 heterocycles. The van der Waals surface area contributed by atoms with Gasteiger partial charge in [-0.05, 0) is 41.3 Å². The van der Waals surface area contributed by atoms with Gasteiger partial charge in [0.25, 0.3) is 0 Å². The van der Waals surface area contributed by atoms with E-state index in [9.17, 15) is 5.11 Å². The minimum atomic E-state index is -0.0394. The number of aryl methyl sites for hydroxylation is 1. The first-order chi connectivity index (χ1) is 12.2. The van der Waals surface area contributed by atoms with E-state index in [1.165, 1.54) is 11.1 Å². The van der Waals surface area contributed by atoms with Crippen molar-refractivity contribution in [3.05, 3.63) is 100 Å². The fourth-order valence-corrected chi connectivity index (χ4v) is 3.31. The van der Waals surface area contributed by atoms with Crippen LogP contribution in [-0.2, 0) is 19.7 Å². The molecule has 0 fully saturated rings. The summed E-state index contributed by atoms with van der Waals surface area (Å²) in [5.74, 6) is 0. The second-order valence-corrected chi connectivity index (χ2v) is 6.62. The third-order valence-electron chi connectivity index (χ3n) is 4.36. The number of rotatable bonds is 6. The van der Waals surface area contributed by atoms with Gasteiger partial charge in [0.15, 0.2) is 0 Å². The minimum absolute atomic E-state index is 0.0394. The molecule has 0 saturated carbocycles. The van der Waals surface area contributed by atoms with Crippen LogP contribution in [0.3, 0.4) is 0 Å². The summed E-state index contributed by atoms with van der Waals surface area (Å²) < 4.78 is 0. The molecular formula is C22H22ClNO. The Bertz CT molecular complexity index is 753. The molecule has 0 saturated heterocycles. The predicted molar refractivity (Wildman–Crippen MR) is 105 cm³/mol. The van der Waals surface area contributed by atoms with E-state index in [-0.39, 0.29) is 6.61 Å². The van der Waals surface area contributed by atoms with Gasteiger partial charge in [0.05, 0.1) is 6.61 Å². The first-order valence-corrected chi connectivity index (χ1v) is 8.78. The SMILES string of the molecule is Cc1cc(N(Cc2ccccc2)Cc2ccccc2)cc(Cl)c1CO. The standard InChI is InChI=1S/C22H22ClNO/c1-17-12-20(13-22(23)21(17)16-25)24(14-18-8-4-2-5-9-18)15-19-10-6-3-7-11-19/h2-13,25H,14-16H2,1H3. The number of anilines is 1. The van der Waals surface area contributed by atoms with E-state index in [1.54, 1.807) is 0 Å². The molecule has 128 valence electrons. The van der Waals surface area contributed by atoms with Gasteiger partial charge in [-0.25, -0.2) is 0 Å². The Hall–Kier alpha value is -2.29. The van der Waals surface area contributed by atoms with Crippen LogP contribution < -0.4 is 4.90 Å². The first-order valence-electron chi connectivity index (χ1n) is 8.40. The molecule has 0 aliphatic heterocycles. The Balaban J connectivity index is 1.95. The zero-order chi connectivity index (χ0) is 17.6. The summed E-state index contributed by atoms with van der Waals surface area (Å²) in [6.45, 7) is 3.54. The van der Waals surface area contributed by atoms with Crippen LogP contribution in [0.1, 0.15) is 22.3 Å². The highest BCUT2D eigenvalue weighted by Gasteiger charge is 2.13. The number of halogens is 1.